The number of unbranched alkanes of at least 4 members (excludes halogenated alkanes) is 3. The van der Waals surface area contributed by atoms with E-state index in [4.69, 9.17) is 13.9 Å². The molecule has 0 aliphatic heterocycles. The maximum atomic E-state index is 13.0. The van der Waals surface area contributed by atoms with Crippen LogP contribution in [0, 0.1) is 0 Å². The highest BCUT2D eigenvalue weighted by Crippen LogP contribution is 2.28. The summed E-state index contributed by atoms with van der Waals surface area (Å²) in [7, 11) is 0. The van der Waals surface area contributed by atoms with Gasteiger partial charge in [-0.15, -0.1) is 0 Å². The molecule has 0 N–H and O–H groups in total. The van der Waals surface area contributed by atoms with Crippen molar-refractivity contribution >= 4 is 22.9 Å². The lowest BCUT2D eigenvalue weighted by Gasteiger charge is -2.11. The van der Waals surface area contributed by atoms with E-state index in [0.717, 1.165) is 43.1 Å². The summed E-state index contributed by atoms with van der Waals surface area (Å²) < 4.78 is 16.3. The van der Waals surface area contributed by atoms with Crippen LogP contribution >= 0.6 is 0 Å². The van der Waals surface area contributed by atoms with E-state index >= 15 is 0 Å². The van der Waals surface area contributed by atoms with Gasteiger partial charge in [0.1, 0.15) is 11.3 Å². The fourth-order valence-electron chi connectivity index (χ4n) is 4.09. The largest absolute Gasteiger partial charge is 0.462 e. The number of ether oxygens (including phenoxy) is 2. The van der Waals surface area contributed by atoms with Gasteiger partial charge in [0.2, 0.25) is 0 Å². The second-order valence-electron chi connectivity index (χ2n) is 9.65. The third kappa shape index (κ3) is 7.78. The molecule has 0 saturated heterocycles. The van der Waals surface area contributed by atoms with Crippen LogP contribution in [0.3, 0.4) is 0 Å². The average molecular weight is 517 g/mol. The summed E-state index contributed by atoms with van der Waals surface area (Å²) in [5.74, 6) is -0.504. The lowest BCUT2D eigenvalue weighted by atomic mass is 9.97. The molecule has 0 atom stereocenters. The van der Waals surface area contributed by atoms with Crippen molar-refractivity contribution in [3.8, 4) is 16.9 Å². The van der Waals surface area contributed by atoms with Crippen molar-refractivity contribution in [1.29, 1.82) is 0 Å². The van der Waals surface area contributed by atoms with Crippen molar-refractivity contribution in [3.63, 3.8) is 0 Å². The number of aryl methyl sites for hydroxylation is 2. The fraction of sp³-hybridized carbons (Fsp3) is 0.344. The summed E-state index contributed by atoms with van der Waals surface area (Å²) in [6.45, 7) is 12.9. The molecule has 6 nitrogen and oxygen atoms in total. The number of rotatable bonds is 13. The summed E-state index contributed by atoms with van der Waals surface area (Å²) in [6, 6.07) is 12.9. The third-order valence-corrected chi connectivity index (χ3v) is 6.18. The number of hydrogen-bond acceptors (Lipinski definition) is 6. The second kappa shape index (κ2) is 13.6. The van der Waals surface area contributed by atoms with Crippen LogP contribution in [0.5, 0.6) is 5.75 Å². The van der Waals surface area contributed by atoms with Gasteiger partial charge in [-0.2, -0.15) is 0 Å². The van der Waals surface area contributed by atoms with Crippen LogP contribution in [0.15, 0.2) is 76.0 Å². The molecule has 1 aromatic heterocycles. The topological polar surface area (TPSA) is 82.8 Å². The van der Waals surface area contributed by atoms with Crippen molar-refractivity contribution < 1.29 is 23.5 Å². The molecule has 0 fully saturated rings. The van der Waals surface area contributed by atoms with E-state index in [9.17, 15) is 14.4 Å². The Kier molecular flexibility index (Phi) is 10.2. The Labute approximate surface area is 224 Å². The van der Waals surface area contributed by atoms with Crippen LogP contribution in [0.4, 0.5) is 0 Å². The third-order valence-electron chi connectivity index (χ3n) is 6.18. The number of esters is 2. The monoisotopic (exact) mass is 516 g/mol. The molecule has 0 amide bonds. The summed E-state index contributed by atoms with van der Waals surface area (Å²) in [5.41, 5.74) is 4.15. The number of carbonyl (C=O) groups excluding carboxylic acids is 2. The average Bonchev–Trinajstić information content (AvgIpc) is 2.88. The van der Waals surface area contributed by atoms with Gasteiger partial charge in [-0.3, -0.25) is 0 Å². The fourth-order valence-corrected chi connectivity index (χ4v) is 4.09. The van der Waals surface area contributed by atoms with Gasteiger partial charge in [0.25, 0.3) is 0 Å². The number of carbonyl (C=O) groups is 2. The molecule has 0 aliphatic rings. The molecule has 1 heterocycles. The zero-order chi connectivity index (χ0) is 27.7. The van der Waals surface area contributed by atoms with Crippen molar-refractivity contribution in [2.24, 2.45) is 0 Å². The number of hydrogen-bond donors (Lipinski definition) is 0. The van der Waals surface area contributed by atoms with E-state index in [1.807, 2.05) is 6.07 Å². The van der Waals surface area contributed by atoms with Crippen LogP contribution in [0.2, 0.25) is 0 Å². The Morgan fingerprint density at radius 2 is 1.55 bits per heavy atom. The summed E-state index contributed by atoms with van der Waals surface area (Å²) >= 11 is 0. The minimum atomic E-state index is -0.500. The SMILES string of the molecule is C=C(C)C(=O)OCCCCc1cc(CCCCC)cc2cc(-c3ccc(OC(=O)C(=C)C)cc3)c(=O)oc12. The Balaban J connectivity index is 1.87. The molecule has 0 saturated carbocycles. The van der Waals surface area contributed by atoms with E-state index in [0.29, 0.717) is 53.1 Å². The molecule has 6 heteroatoms. The molecule has 3 aromatic rings. The molecule has 200 valence electrons. The van der Waals surface area contributed by atoms with E-state index in [1.54, 1.807) is 38.1 Å². The van der Waals surface area contributed by atoms with Crippen LogP contribution in [-0.4, -0.2) is 18.5 Å². The molecule has 0 radical (unpaired) electrons. The van der Waals surface area contributed by atoms with Crippen LogP contribution in [0.1, 0.15) is 64.0 Å². The molecule has 2 aromatic carbocycles. The van der Waals surface area contributed by atoms with Crippen LogP contribution in [-0.2, 0) is 27.2 Å². The highest BCUT2D eigenvalue weighted by molar-refractivity contribution is 5.89. The summed E-state index contributed by atoms with van der Waals surface area (Å²) in [5, 5.41) is 0.870. The van der Waals surface area contributed by atoms with Crippen molar-refractivity contribution in [2.75, 3.05) is 6.61 Å². The Morgan fingerprint density at radius 3 is 2.21 bits per heavy atom. The molecule has 0 spiro atoms. The van der Waals surface area contributed by atoms with Gasteiger partial charge in [-0.25, -0.2) is 14.4 Å². The standard InChI is InChI=1S/C32H36O6/c1-6-7-8-11-23-18-25(12-9-10-17-36-30(33)21(2)3)29-26(19-23)20-28(32(35)38-29)24-13-15-27(16-14-24)37-31(34)22(4)5/h13-16,18-20H,2,4,6-12,17H2,1,3,5H3. The predicted molar refractivity (Wildman–Crippen MR) is 150 cm³/mol. The van der Waals surface area contributed by atoms with Crippen molar-refractivity contribution in [3.05, 3.63) is 88.3 Å². The minimum Gasteiger partial charge on any atom is -0.462 e. The summed E-state index contributed by atoms with van der Waals surface area (Å²) in [4.78, 5) is 36.4. The van der Waals surface area contributed by atoms with Gasteiger partial charge in [-0.1, -0.05) is 51.1 Å². The van der Waals surface area contributed by atoms with E-state index in [2.05, 4.69) is 32.2 Å². The molecule has 3 rings (SSSR count). The first-order valence-electron chi connectivity index (χ1n) is 13.1. The molecule has 0 aliphatic carbocycles. The van der Waals surface area contributed by atoms with Crippen LogP contribution in [0.25, 0.3) is 22.1 Å². The van der Waals surface area contributed by atoms with Crippen molar-refractivity contribution in [1.82, 2.24) is 0 Å². The van der Waals surface area contributed by atoms with Crippen LogP contribution < -0.4 is 10.4 Å². The van der Waals surface area contributed by atoms with E-state index in [1.165, 1.54) is 5.56 Å². The van der Waals surface area contributed by atoms with Gasteiger partial charge in [0.15, 0.2) is 0 Å². The predicted octanol–water partition coefficient (Wildman–Crippen LogP) is 7.12. The zero-order valence-corrected chi connectivity index (χ0v) is 22.6. The lowest BCUT2D eigenvalue weighted by molar-refractivity contribution is -0.139. The lowest BCUT2D eigenvalue weighted by Crippen LogP contribution is -2.08. The number of benzene rings is 2. The maximum absolute atomic E-state index is 13.0. The van der Waals surface area contributed by atoms with Crippen molar-refractivity contribution in [2.45, 2.75) is 65.7 Å². The quantitative estimate of drug-likeness (QED) is 0.0791. The van der Waals surface area contributed by atoms with Gasteiger partial charge < -0.3 is 13.9 Å². The minimum absolute atomic E-state index is 0.308. The first kappa shape index (κ1) is 28.6. The van der Waals surface area contributed by atoms with Gasteiger partial charge in [0.05, 0.1) is 12.2 Å². The van der Waals surface area contributed by atoms with E-state index in [-0.39, 0.29) is 5.97 Å². The normalized spacial score (nSPS) is 10.8. The van der Waals surface area contributed by atoms with E-state index < -0.39 is 11.6 Å². The first-order chi connectivity index (χ1) is 18.2. The molecule has 38 heavy (non-hydrogen) atoms. The highest BCUT2D eigenvalue weighted by atomic mass is 16.5. The Morgan fingerprint density at radius 1 is 0.868 bits per heavy atom. The smallest absolute Gasteiger partial charge is 0.344 e. The van der Waals surface area contributed by atoms with Gasteiger partial charge in [-0.05, 0) is 86.9 Å². The molecule has 0 bridgehead atoms. The maximum Gasteiger partial charge on any atom is 0.344 e. The zero-order valence-electron chi connectivity index (χ0n) is 22.6. The highest BCUT2D eigenvalue weighted by Gasteiger charge is 2.14. The molecule has 0 unspecified atom stereocenters. The van der Waals surface area contributed by atoms with Gasteiger partial charge in [0, 0.05) is 16.5 Å². The summed E-state index contributed by atoms with van der Waals surface area (Å²) in [6.07, 6.45) is 6.52. The first-order valence-corrected chi connectivity index (χ1v) is 13.1. The Hall–Kier alpha value is -3.93. The number of fused-ring (bicyclic) bond motifs is 1. The Bertz CT molecular complexity index is 1380. The second-order valence-corrected chi connectivity index (χ2v) is 9.65. The molecular formula is C32H36O6. The van der Waals surface area contributed by atoms with Gasteiger partial charge >= 0.3 is 17.6 Å². The molecular weight excluding hydrogens is 480 g/mol.